The van der Waals surface area contributed by atoms with Crippen molar-refractivity contribution in [1.82, 2.24) is 10.2 Å². The Morgan fingerprint density at radius 2 is 2.12 bits per heavy atom. The Morgan fingerprint density at radius 1 is 1.56 bits per heavy atom. The number of nitrogens with one attached hydrogen (secondary N) is 1. The second-order valence-corrected chi connectivity index (χ2v) is 4.53. The van der Waals surface area contributed by atoms with Crippen LogP contribution in [0.5, 0.6) is 0 Å². The minimum absolute atomic E-state index is 0.0879. The predicted octanol–water partition coefficient (Wildman–Crippen LogP) is 0.993. The molecule has 2 N–H and O–H groups in total. The maximum Gasteiger partial charge on any atom is 0.317 e. The van der Waals surface area contributed by atoms with Gasteiger partial charge in [-0.2, -0.15) is 0 Å². The molecule has 0 aromatic carbocycles. The molecule has 1 fully saturated rings. The summed E-state index contributed by atoms with van der Waals surface area (Å²) in [6.45, 7) is 1.66. The summed E-state index contributed by atoms with van der Waals surface area (Å²) in [5.74, 6) is -0.945. The molecule has 5 nitrogen and oxygen atoms in total. The lowest BCUT2D eigenvalue weighted by Gasteiger charge is -2.39. The van der Waals surface area contributed by atoms with Crippen LogP contribution in [-0.4, -0.2) is 47.3 Å². The fourth-order valence-electron chi connectivity index (χ4n) is 1.72. The summed E-state index contributed by atoms with van der Waals surface area (Å²) in [6, 6.07) is -0.475. The normalized spacial score (nSPS) is 28.1. The molecule has 0 saturated heterocycles. The van der Waals surface area contributed by atoms with Gasteiger partial charge in [-0.05, 0) is 6.92 Å². The van der Waals surface area contributed by atoms with Crippen LogP contribution in [0.4, 0.5) is 9.18 Å². The minimum Gasteiger partial charge on any atom is -0.481 e. The van der Waals surface area contributed by atoms with Crippen LogP contribution in [0.3, 0.4) is 0 Å². The SMILES string of the molecule is CN(CCC(=O)O)C(=O)NC1CC(C)(F)C1. The van der Waals surface area contributed by atoms with Crippen molar-refractivity contribution in [1.29, 1.82) is 0 Å². The number of carboxylic acids is 1. The number of hydrogen-bond acceptors (Lipinski definition) is 2. The van der Waals surface area contributed by atoms with E-state index >= 15 is 0 Å². The lowest BCUT2D eigenvalue weighted by atomic mass is 9.79. The Morgan fingerprint density at radius 3 is 2.56 bits per heavy atom. The van der Waals surface area contributed by atoms with Crippen molar-refractivity contribution in [3.63, 3.8) is 0 Å². The Kier molecular flexibility index (Phi) is 3.72. The lowest BCUT2D eigenvalue weighted by molar-refractivity contribution is -0.137. The van der Waals surface area contributed by atoms with Crippen molar-refractivity contribution in [2.24, 2.45) is 0 Å². The monoisotopic (exact) mass is 232 g/mol. The zero-order valence-electron chi connectivity index (χ0n) is 9.49. The van der Waals surface area contributed by atoms with Crippen LogP contribution in [0, 0.1) is 0 Å². The van der Waals surface area contributed by atoms with E-state index in [1.165, 1.54) is 18.9 Å². The first-order valence-electron chi connectivity index (χ1n) is 5.22. The van der Waals surface area contributed by atoms with Crippen LogP contribution in [0.25, 0.3) is 0 Å². The van der Waals surface area contributed by atoms with E-state index < -0.39 is 11.6 Å². The summed E-state index contributed by atoms with van der Waals surface area (Å²) in [7, 11) is 1.52. The van der Waals surface area contributed by atoms with Crippen LogP contribution in [0.1, 0.15) is 26.2 Å². The van der Waals surface area contributed by atoms with Gasteiger partial charge in [-0.3, -0.25) is 4.79 Å². The third-order valence-corrected chi connectivity index (χ3v) is 2.68. The van der Waals surface area contributed by atoms with Crippen molar-refractivity contribution >= 4 is 12.0 Å². The summed E-state index contributed by atoms with van der Waals surface area (Å²) in [5.41, 5.74) is -1.17. The van der Waals surface area contributed by atoms with Gasteiger partial charge in [0.15, 0.2) is 0 Å². The van der Waals surface area contributed by atoms with E-state index in [2.05, 4.69) is 5.32 Å². The van der Waals surface area contributed by atoms with E-state index in [0.29, 0.717) is 12.8 Å². The maximum absolute atomic E-state index is 13.1. The number of hydrogen-bond donors (Lipinski definition) is 2. The van der Waals surface area contributed by atoms with Gasteiger partial charge in [0.25, 0.3) is 0 Å². The van der Waals surface area contributed by atoms with Crippen molar-refractivity contribution in [2.45, 2.75) is 37.9 Å². The molecular formula is C10H17FN2O3. The van der Waals surface area contributed by atoms with E-state index in [1.807, 2.05) is 0 Å². The standard InChI is InChI=1S/C10H17FN2O3/c1-10(11)5-7(6-10)12-9(16)13(2)4-3-8(14)15/h7H,3-6H2,1-2H3,(H,12,16)(H,14,15). The molecule has 16 heavy (non-hydrogen) atoms. The molecule has 92 valence electrons. The molecule has 2 amide bonds. The number of nitrogens with zero attached hydrogens (tertiary/aromatic N) is 1. The van der Waals surface area contributed by atoms with Gasteiger partial charge >= 0.3 is 12.0 Å². The first-order valence-corrected chi connectivity index (χ1v) is 5.22. The van der Waals surface area contributed by atoms with Crippen molar-refractivity contribution in [3.05, 3.63) is 0 Å². The second kappa shape index (κ2) is 4.67. The van der Waals surface area contributed by atoms with Gasteiger partial charge in [0.2, 0.25) is 0 Å². The predicted molar refractivity (Wildman–Crippen MR) is 55.9 cm³/mol. The van der Waals surface area contributed by atoms with Gasteiger partial charge in [0.05, 0.1) is 6.42 Å². The number of carbonyl (C=O) groups is 2. The molecule has 1 aliphatic carbocycles. The van der Waals surface area contributed by atoms with E-state index in [0.717, 1.165) is 0 Å². The molecule has 0 spiro atoms. The molecule has 0 aromatic rings. The summed E-state index contributed by atoms with van der Waals surface area (Å²) >= 11 is 0. The molecular weight excluding hydrogens is 215 g/mol. The van der Waals surface area contributed by atoms with E-state index in [4.69, 9.17) is 5.11 Å². The highest BCUT2D eigenvalue weighted by molar-refractivity contribution is 5.75. The lowest BCUT2D eigenvalue weighted by Crippen LogP contribution is -2.54. The van der Waals surface area contributed by atoms with Crippen LogP contribution < -0.4 is 5.32 Å². The van der Waals surface area contributed by atoms with Gasteiger partial charge in [0.1, 0.15) is 5.67 Å². The average Bonchev–Trinajstić information content (AvgIpc) is 2.10. The van der Waals surface area contributed by atoms with Gasteiger partial charge < -0.3 is 15.3 Å². The molecule has 0 radical (unpaired) electrons. The number of amides is 2. The van der Waals surface area contributed by atoms with Gasteiger partial charge in [-0.25, -0.2) is 9.18 Å². The number of carboxylic acid groups (broad SMARTS) is 1. The highest BCUT2D eigenvalue weighted by Gasteiger charge is 2.41. The molecule has 1 aliphatic rings. The van der Waals surface area contributed by atoms with E-state index in [1.54, 1.807) is 0 Å². The molecule has 1 rings (SSSR count). The Balaban J connectivity index is 2.22. The molecule has 0 bridgehead atoms. The van der Waals surface area contributed by atoms with E-state index in [-0.39, 0.29) is 25.0 Å². The minimum atomic E-state index is -1.17. The smallest absolute Gasteiger partial charge is 0.317 e. The van der Waals surface area contributed by atoms with Crippen molar-refractivity contribution in [3.8, 4) is 0 Å². The summed E-state index contributed by atoms with van der Waals surface area (Å²) in [5, 5.41) is 11.1. The van der Waals surface area contributed by atoms with Crippen LogP contribution in [-0.2, 0) is 4.79 Å². The molecule has 1 saturated carbocycles. The topological polar surface area (TPSA) is 69.6 Å². The van der Waals surface area contributed by atoms with Gasteiger partial charge in [0, 0.05) is 32.5 Å². The fourth-order valence-corrected chi connectivity index (χ4v) is 1.72. The Labute approximate surface area is 93.6 Å². The van der Waals surface area contributed by atoms with Gasteiger partial charge in [-0.1, -0.05) is 0 Å². The number of halogens is 1. The first-order chi connectivity index (χ1) is 7.30. The third-order valence-electron chi connectivity index (χ3n) is 2.68. The molecule has 0 aliphatic heterocycles. The molecule has 6 heteroatoms. The number of urea groups is 1. The Hall–Kier alpha value is -1.33. The quantitative estimate of drug-likeness (QED) is 0.759. The molecule has 0 heterocycles. The summed E-state index contributed by atoms with van der Waals surface area (Å²) in [4.78, 5) is 23.1. The zero-order chi connectivity index (χ0) is 12.3. The zero-order valence-corrected chi connectivity index (χ0v) is 9.49. The van der Waals surface area contributed by atoms with E-state index in [9.17, 15) is 14.0 Å². The summed E-state index contributed by atoms with van der Waals surface area (Å²) < 4.78 is 13.1. The highest BCUT2D eigenvalue weighted by atomic mass is 19.1. The number of carbonyl (C=O) groups excluding carboxylic acids is 1. The van der Waals surface area contributed by atoms with Crippen LogP contribution >= 0.6 is 0 Å². The highest BCUT2D eigenvalue weighted by Crippen LogP contribution is 2.35. The van der Waals surface area contributed by atoms with Crippen LogP contribution in [0.2, 0.25) is 0 Å². The number of aliphatic carboxylic acids is 1. The Bertz CT molecular complexity index is 286. The fraction of sp³-hybridized carbons (Fsp3) is 0.800. The molecule has 0 unspecified atom stereocenters. The largest absolute Gasteiger partial charge is 0.481 e. The summed E-state index contributed by atoms with van der Waals surface area (Å²) in [6.07, 6.45) is 0.562. The average molecular weight is 232 g/mol. The maximum atomic E-state index is 13.1. The second-order valence-electron chi connectivity index (χ2n) is 4.53. The third kappa shape index (κ3) is 3.67. The first kappa shape index (κ1) is 12.7. The number of rotatable bonds is 4. The number of alkyl halides is 1. The van der Waals surface area contributed by atoms with Gasteiger partial charge in [-0.15, -0.1) is 0 Å². The van der Waals surface area contributed by atoms with Crippen molar-refractivity contribution < 1.29 is 19.1 Å². The van der Waals surface area contributed by atoms with Crippen LogP contribution in [0.15, 0.2) is 0 Å². The molecule has 0 atom stereocenters. The van der Waals surface area contributed by atoms with Crippen molar-refractivity contribution in [2.75, 3.05) is 13.6 Å². The molecule has 0 aromatic heterocycles.